The summed E-state index contributed by atoms with van der Waals surface area (Å²) >= 11 is 0. The number of rotatable bonds is 5. The maximum Gasteiger partial charge on any atom is 0.224 e. The van der Waals surface area contributed by atoms with Crippen LogP contribution in [0.15, 0.2) is 36.5 Å². The molecule has 0 spiro atoms. The first-order valence-corrected chi connectivity index (χ1v) is 10.9. The Balaban J connectivity index is 1.27. The normalized spacial score (nSPS) is 20.8. The monoisotopic (exact) mass is 395 g/mol. The van der Waals surface area contributed by atoms with E-state index in [0.717, 1.165) is 51.4 Å². The van der Waals surface area contributed by atoms with Crippen molar-refractivity contribution in [2.45, 2.75) is 45.7 Å². The average molecular weight is 396 g/mol. The van der Waals surface area contributed by atoms with Gasteiger partial charge in [0.25, 0.3) is 0 Å². The third-order valence-corrected chi connectivity index (χ3v) is 6.36. The molecule has 1 aromatic carbocycles. The summed E-state index contributed by atoms with van der Waals surface area (Å²) < 4.78 is 1.87. The Kier molecular flexibility index (Phi) is 6.19. The number of carbonyl (C=O) groups is 1. The lowest BCUT2D eigenvalue weighted by Crippen LogP contribution is -2.56. The lowest BCUT2D eigenvalue weighted by atomic mass is 10.0. The van der Waals surface area contributed by atoms with Crippen molar-refractivity contribution >= 4 is 11.6 Å². The number of aromatic nitrogens is 2. The summed E-state index contributed by atoms with van der Waals surface area (Å²) in [6, 6.07) is 11.1. The SMILES string of the molecule is Cc1ccn(CCC(=O)N2CCC[C@H](N3CCN(c4ccccc4C)CC3)C2)n1. The van der Waals surface area contributed by atoms with Gasteiger partial charge in [0.05, 0.1) is 5.69 Å². The van der Waals surface area contributed by atoms with E-state index in [1.807, 2.05) is 23.9 Å². The van der Waals surface area contributed by atoms with Gasteiger partial charge in [-0.2, -0.15) is 5.10 Å². The lowest BCUT2D eigenvalue weighted by Gasteiger charge is -2.44. The number of amides is 1. The summed E-state index contributed by atoms with van der Waals surface area (Å²) in [6.07, 6.45) is 4.80. The highest BCUT2D eigenvalue weighted by molar-refractivity contribution is 5.76. The summed E-state index contributed by atoms with van der Waals surface area (Å²) in [5, 5.41) is 4.39. The zero-order valence-electron chi connectivity index (χ0n) is 17.8. The van der Waals surface area contributed by atoms with E-state index in [9.17, 15) is 4.79 Å². The lowest BCUT2D eigenvalue weighted by molar-refractivity contribution is -0.133. The number of hydrogen-bond acceptors (Lipinski definition) is 4. The van der Waals surface area contributed by atoms with Crippen LogP contribution in [-0.2, 0) is 11.3 Å². The van der Waals surface area contributed by atoms with Crippen molar-refractivity contribution in [3.63, 3.8) is 0 Å². The standard InChI is InChI=1S/C23H33N5O/c1-19-6-3-4-8-22(19)26-16-14-25(15-17-26)21-7-5-11-27(18-21)23(29)10-13-28-12-9-20(2)24-28/h3-4,6,8-9,12,21H,5,7,10-11,13-18H2,1-2H3/t21-/m0/s1. The Morgan fingerprint density at radius 2 is 1.86 bits per heavy atom. The predicted octanol–water partition coefficient (Wildman–Crippen LogP) is 2.70. The van der Waals surface area contributed by atoms with Crippen molar-refractivity contribution in [3.05, 3.63) is 47.8 Å². The molecule has 1 atom stereocenters. The molecule has 1 aromatic heterocycles. The Labute approximate surface area is 174 Å². The molecule has 0 saturated carbocycles. The van der Waals surface area contributed by atoms with E-state index in [2.05, 4.69) is 51.0 Å². The molecule has 29 heavy (non-hydrogen) atoms. The highest BCUT2D eigenvalue weighted by Crippen LogP contribution is 2.23. The maximum atomic E-state index is 12.7. The van der Waals surface area contributed by atoms with Crippen LogP contribution in [0.3, 0.4) is 0 Å². The first kappa shape index (κ1) is 20.0. The third kappa shape index (κ3) is 4.81. The number of nitrogens with zero attached hydrogens (tertiary/aromatic N) is 5. The Morgan fingerprint density at radius 1 is 1.07 bits per heavy atom. The zero-order valence-corrected chi connectivity index (χ0v) is 17.8. The fourth-order valence-electron chi connectivity index (χ4n) is 4.68. The number of piperazine rings is 1. The smallest absolute Gasteiger partial charge is 0.224 e. The second-order valence-corrected chi connectivity index (χ2v) is 8.42. The van der Waals surface area contributed by atoms with Crippen molar-refractivity contribution in [1.82, 2.24) is 19.6 Å². The van der Waals surface area contributed by atoms with Gasteiger partial charge in [-0.1, -0.05) is 18.2 Å². The molecule has 2 aromatic rings. The Bertz CT molecular complexity index is 824. The highest BCUT2D eigenvalue weighted by atomic mass is 16.2. The highest BCUT2D eigenvalue weighted by Gasteiger charge is 2.30. The topological polar surface area (TPSA) is 44.6 Å². The van der Waals surface area contributed by atoms with Gasteiger partial charge in [0.1, 0.15) is 0 Å². The molecule has 0 bridgehead atoms. The van der Waals surface area contributed by atoms with Crippen LogP contribution in [0.5, 0.6) is 0 Å². The first-order chi connectivity index (χ1) is 14.1. The number of piperidine rings is 1. The minimum Gasteiger partial charge on any atom is -0.369 e. The van der Waals surface area contributed by atoms with Crippen LogP contribution in [0.25, 0.3) is 0 Å². The summed E-state index contributed by atoms with van der Waals surface area (Å²) in [6.45, 7) is 10.9. The molecule has 2 saturated heterocycles. The van der Waals surface area contributed by atoms with Crippen molar-refractivity contribution in [2.75, 3.05) is 44.2 Å². The fraction of sp³-hybridized carbons (Fsp3) is 0.565. The molecular weight excluding hydrogens is 362 g/mol. The van der Waals surface area contributed by atoms with Gasteiger partial charge in [0, 0.05) is 70.2 Å². The molecular formula is C23H33N5O. The van der Waals surface area contributed by atoms with Gasteiger partial charge in [0.2, 0.25) is 5.91 Å². The second-order valence-electron chi connectivity index (χ2n) is 8.42. The van der Waals surface area contributed by atoms with Gasteiger partial charge in [0.15, 0.2) is 0 Å². The molecule has 0 unspecified atom stereocenters. The minimum atomic E-state index is 0.265. The zero-order chi connectivity index (χ0) is 20.2. The van der Waals surface area contributed by atoms with E-state index < -0.39 is 0 Å². The molecule has 4 rings (SSSR count). The fourth-order valence-corrected chi connectivity index (χ4v) is 4.68. The summed E-state index contributed by atoms with van der Waals surface area (Å²) in [4.78, 5) is 19.9. The second kappa shape index (κ2) is 8.99. The van der Waals surface area contributed by atoms with Crippen LogP contribution in [-0.4, -0.2) is 70.8 Å². The molecule has 2 aliphatic rings. The van der Waals surface area contributed by atoms with Crippen molar-refractivity contribution < 1.29 is 4.79 Å². The van der Waals surface area contributed by atoms with Crippen LogP contribution < -0.4 is 4.90 Å². The molecule has 6 nitrogen and oxygen atoms in total. The molecule has 3 heterocycles. The van der Waals surface area contributed by atoms with Gasteiger partial charge in [-0.15, -0.1) is 0 Å². The Hall–Kier alpha value is -2.34. The van der Waals surface area contributed by atoms with Gasteiger partial charge >= 0.3 is 0 Å². The summed E-state index contributed by atoms with van der Waals surface area (Å²) in [5.74, 6) is 0.265. The number of benzene rings is 1. The largest absolute Gasteiger partial charge is 0.369 e. The molecule has 1 amide bonds. The van der Waals surface area contributed by atoms with E-state index in [0.29, 0.717) is 19.0 Å². The van der Waals surface area contributed by atoms with E-state index in [4.69, 9.17) is 0 Å². The van der Waals surface area contributed by atoms with Crippen LogP contribution >= 0.6 is 0 Å². The minimum absolute atomic E-state index is 0.265. The first-order valence-electron chi connectivity index (χ1n) is 10.9. The molecule has 2 fully saturated rings. The number of aryl methyl sites for hydroxylation is 3. The van der Waals surface area contributed by atoms with E-state index in [1.54, 1.807) is 0 Å². The van der Waals surface area contributed by atoms with Gasteiger partial charge in [-0.3, -0.25) is 14.4 Å². The van der Waals surface area contributed by atoms with Crippen LogP contribution in [0, 0.1) is 13.8 Å². The van der Waals surface area contributed by atoms with Gasteiger partial charge < -0.3 is 9.80 Å². The number of likely N-dealkylation sites (tertiary alicyclic amines) is 1. The van der Waals surface area contributed by atoms with Crippen molar-refractivity contribution in [2.24, 2.45) is 0 Å². The van der Waals surface area contributed by atoms with Crippen LogP contribution in [0.1, 0.15) is 30.5 Å². The van der Waals surface area contributed by atoms with Crippen molar-refractivity contribution in [3.8, 4) is 0 Å². The van der Waals surface area contributed by atoms with Crippen molar-refractivity contribution in [1.29, 1.82) is 0 Å². The molecule has 0 radical (unpaired) electrons. The van der Waals surface area contributed by atoms with E-state index in [-0.39, 0.29) is 5.91 Å². The quantitative estimate of drug-likeness (QED) is 0.781. The van der Waals surface area contributed by atoms with Gasteiger partial charge in [-0.25, -0.2) is 0 Å². The molecule has 0 aliphatic carbocycles. The van der Waals surface area contributed by atoms with Gasteiger partial charge in [-0.05, 0) is 44.4 Å². The van der Waals surface area contributed by atoms with E-state index in [1.165, 1.54) is 17.7 Å². The molecule has 156 valence electrons. The molecule has 0 N–H and O–H groups in total. The summed E-state index contributed by atoms with van der Waals surface area (Å²) in [7, 11) is 0. The van der Waals surface area contributed by atoms with Crippen LogP contribution in [0.2, 0.25) is 0 Å². The maximum absolute atomic E-state index is 12.7. The number of carbonyl (C=O) groups excluding carboxylic acids is 1. The number of anilines is 1. The third-order valence-electron chi connectivity index (χ3n) is 6.36. The summed E-state index contributed by atoms with van der Waals surface area (Å²) in [5.41, 5.74) is 3.71. The molecule has 6 heteroatoms. The molecule has 2 aliphatic heterocycles. The Morgan fingerprint density at radius 3 is 2.59 bits per heavy atom. The van der Waals surface area contributed by atoms with E-state index >= 15 is 0 Å². The number of hydrogen-bond donors (Lipinski definition) is 0. The van der Waals surface area contributed by atoms with Crippen LogP contribution in [0.4, 0.5) is 5.69 Å². The average Bonchev–Trinajstić information content (AvgIpc) is 3.18. The predicted molar refractivity (Wildman–Crippen MR) is 116 cm³/mol. The number of para-hydroxylation sites is 1.